The number of nitrogens with zero attached hydrogens (tertiary/aromatic N) is 2. The summed E-state index contributed by atoms with van der Waals surface area (Å²) in [6, 6.07) is 7.97. The molecule has 1 aromatic carbocycles. The first-order valence-electron chi connectivity index (χ1n) is 7.48. The average molecular weight is 349 g/mol. The number of carbonyl (C=O) groups excluding carboxylic acids is 1. The van der Waals surface area contributed by atoms with Gasteiger partial charge in [0, 0.05) is 35.5 Å². The number of nitrogens with one attached hydrogen (secondary N) is 1. The minimum Gasteiger partial charge on any atom is -0.378 e. The number of amides is 1. The van der Waals surface area contributed by atoms with Crippen LogP contribution in [0.4, 0.5) is 11.4 Å². The molecular formula is C16H19N3O2S2. The number of aryl methyl sites for hydroxylation is 1. The van der Waals surface area contributed by atoms with E-state index in [1.54, 1.807) is 11.3 Å². The van der Waals surface area contributed by atoms with Gasteiger partial charge in [0.05, 0.1) is 19.0 Å². The Hall–Kier alpha value is -1.57. The summed E-state index contributed by atoms with van der Waals surface area (Å²) in [7, 11) is 0. The fourth-order valence-corrected chi connectivity index (χ4v) is 3.95. The van der Waals surface area contributed by atoms with E-state index in [9.17, 15) is 4.79 Å². The Labute approximate surface area is 144 Å². The highest BCUT2D eigenvalue weighted by molar-refractivity contribution is 8.01. The maximum atomic E-state index is 12.0. The van der Waals surface area contributed by atoms with Gasteiger partial charge < -0.3 is 15.0 Å². The molecule has 2 heterocycles. The Balaban J connectivity index is 1.50. The molecule has 0 saturated carbocycles. The van der Waals surface area contributed by atoms with E-state index < -0.39 is 0 Å². The minimum atomic E-state index is -0.0121. The summed E-state index contributed by atoms with van der Waals surface area (Å²) in [5.74, 6) is 0.361. The van der Waals surface area contributed by atoms with Crippen molar-refractivity contribution < 1.29 is 9.53 Å². The van der Waals surface area contributed by atoms with E-state index in [1.165, 1.54) is 17.4 Å². The number of anilines is 2. The molecule has 122 valence electrons. The molecule has 0 radical (unpaired) electrons. The van der Waals surface area contributed by atoms with Crippen molar-refractivity contribution >= 4 is 40.4 Å². The van der Waals surface area contributed by atoms with Gasteiger partial charge in [-0.3, -0.25) is 4.79 Å². The van der Waals surface area contributed by atoms with Gasteiger partial charge in [0.2, 0.25) is 5.91 Å². The van der Waals surface area contributed by atoms with Gasteiger partial charge in [0.15, 0.2) is 4.34 Å². The van der Waals surface area contributed by atoms with Crippen LogP contribution in [0.2, 0.25) is 0 Å². The zero-order valence-electron chi connectivity index (χ0n) is 12.9. The Morgan fingerprint density at radius 2 is 2.09 bits per heavy atom. The number of carbonyl (C=O) groups is 1. The number of aromatic nitrogens is 1. The Morgan fingerprint density at radius 3 is 2.74 bits per heavy atom. The Kier molecular flexibility index (Phi) is 5.53. The fourth-order valence-electron chi connectivity index (χ4n) is 2.30. The first-order chi connectivity index (χ1) is 11.2. The molecule has 1 fully saturated rings. The summed E-state index contributed by atoms with van der Waals surface area (Å²) in [6.07, 6.45) is 0. The number of morpholine rings is 1. The molecule has 1 aliphatic heterocycles. The molecule has 0 aliphatic carbocycles. The predicted molar refractivity (Wildman–Crippen MR) is 95.7 cm³/mol. The van der Waals surface area contributed by atoms with Crippen LogP contribution in [0.25, 0.3) is 0 Å². The molecule has 1 saturated heterocycles. The van der Waals surface area contributed by atoms with Crippen LogP contribution in [-0.4, -0.2) is 42.9 Å². The van der Waals surface area contributed by atoms with Gasteiger partial charge in [-0.2, -0.15) is 0 Å². The monoisotopic (exact) mass is 349 g/mol. The number of hydrogen-bond acceptors (Lipinski definition) is 6. The van der Waals surface area contributed by atoms with Crippen molar-refractivity contribution in [3.8, 4) is 0 Å². The van der Waals surface area contributed by atoms with Crippen molar-refractivity contribution in [3.05, 3.63) is 35.3 Å². The maximum Gasteiger partial charge on any atom is 0.234 e. The van der Waals surface area contributed by atoms with Gasteiger partial charge >= 0.3 is 0 Å². The molecule has 23 heavy (non-hydrogen) atoms. The molecule has 7 heteroatoms. The second kappa shape index (κ2) is 7.81. The summed E-state index contributed by atoms with van der Waals surface area (Å²) >= 11 is 3.04. The normalized spacial score (nSPS) is 14.7. The van der Waals surface area contributed by atoms with Crippen molar-refractivity contribution in [2.24, 2.45) is 0 Å². The van der Waals surface area contributed by atoms with Crippen molar-refractivity contribution in [1.82, 2.24) is 4.98 Å². The first-order valence-corrected chi connectivity index (χ1v) is 9.35. The summed E-state index contributed by atoms with van der Waals surface area (Å²) in [4.78, 5) is 18.6. The third kappa shape index (κ3) is 4.70. The van der Waals surface area contributed by atoms with Crippen molar-refractivity contribution in [2.45, 2.75) is 11.3 Å². The number of ether oxygens (including phenoxy) is 1. The lowest BCUT2D eigenvalue weighted by atomic mass is 10.2. The van der Waals surface area contributed by atoms with E-state index in [1.807, 2.05) is 36.6 Å². The van der Waals surface area contributed by atoms with Gasteiger partial charge in [-0.05, 0) is 31.2 Å². The summed E-state index contributed by atoms with van der Waals surface area (Å²) in [6.45, 7) is 5.32. The molecule has 0 bridgehead atoms. The zero-order chi connectivity index (χ0) is 16.1. The van der Waals surface area contributed by atoms with Gasteiger partial charge in [0.1, 0.15) is 0 Å². The van der Waals surface area contributed by atoms with Crippen LogP contribution in [0.3, 0.4) is 0 Å². The number of benzene rings is 1. The van der Waals surface area contributed by atoms with Crippen molar-refractivity contribution in [1.29, 1.82) is 0 Å². The highest BCUT2D eigenvalue weighted by Crippen LogP contribution is 2.23. The Morgan fingerprint density at radius 1 is 1.35 bits per heavy atom. The molecule has 1 N–H and O–H groups in total. The van der Waals surface area contributed by atoms with Crippen LogP contribution in [-0.2, 0) is 9.53 Å². The highest BCUT2D eigenvalue weighted by Gasteiger charge is 2.11. The SMILES string of the molecule is Cc1csc(SCC(=O)Nc2ccc(N3CCOCC3)cc2)n1. The fraction of sp³-hybridized carbons (Fsp3) is 0.375. The quantitative estimate of drug-likeness (QED) is 0.841. The van der Waals surface area contributed by atoms with E-state index in [2.05, 4.69) is 15.2 Å². The smallest absolute Gasteiger partial charge is 0.234 e. The highest BCUT2D eigenvalue weighted by atomic mass is 32.2. The molecule has 3 rings (SSSR count). The molecule has 5 nitrogen and oxygen atoms in total. The van der Waals surface area contributed by atoms with Crippen LogP contribution in [0.1, 0.15) is 5.69 Å². The van der Waals surface area contributed by atoms with Gasteiger partial charge in [-0.15, -0.1) is 11.3 Å². The topological polar surface area (TPSA) is 54.5 Å². The summed E-state index contributed by atoms with van der Waals surface area (Å²) in [5.41, 5.74) is 2.98. The van der Waals surface area contributed by atoms with Gasteiger partial charge in [-0.25, -0.2) is 4.98 Å². The number of rotatable bonds is 5. The third-order valence-electron chi connectivity index (χ3n) is 3.45. The van der Waals surface area contributed by atoms with Gasteiger partial charge in [-0.1, -0.05) is 11.8 Å². The standard InChI is InChI=1S/C16H19N3O2S2/c1-12-10-22-16(17-12)23-11-15(20)18-13-2-4-14(5-3-13)19-6-8-21-9-7-19/h2-5,10H,6-9,11H2,1H3,(H,18,20). The lowest BCUT2D eigenvalue weighted by Gasteiger charge is -2.28. The minimum absolute atomic E-state index is 0.0121. The largest absolute Gasteiger partial charge is 0.378 e. The van der Waals surface area contributed by atoms with Crippen LogP contribution in [0.5, 0.6) is 0 Å². The molecule has 2 aromatic rings. The van der Waals surface area contributed by atoms with E-state index in [0.717, 1.165) is 42.0 Å². The summed E-state index contributed by atoms with van der Waals surface area (Å²) in [5, 5.41) is 4.91. The van der Waals surface area contributed by atoms with Crippen LogP contribution in [0, 0.1) is 6.92 Å². The third-order valence-corrected chi connectivity index (χ3v) is 5.59. The maximum absolute atomic E-state index is 12.0. The van der Waals surface area contributed by atoms with Crippen molar-refractivity contribution in [3.63, 3.8) is 0 Å². The lowest BCUT2D eigenvalue weighted by molar-refractivity contribution is -0.113. The lowest BCUT2D eigenvalue weighted by Crippen LogP contribution is -2.36. The number of thiazole rings is 1. The molecule has 1 aliphatic rings. The molecule has 0 atom stereocenters. The molecule has 0 unspecified atom stereocenters. The van der Waals surface area contributed by atoms with Crippen molar-refractivity contribution in [2.75, 3.05) is 42.3 Å². The average Bonchev–Trinajstić information content (AvgIpc) is 3.00. The summed E-state index contributed by atoms with van der Waals surface area (Å²) < 4.78 is 6.29. The Bertz CT molecular complexity index is 652. The van der Waals surface area contributed by atoms with E-state index in [-0.39, 0.29) is 5.91 Å². The van der Waals surface area contributed by atoms with Crippen LogP contribution < -0.4 is 10.2 Å². The van der Waals surface area contributed by atoms with Crippen LogP contribution >= 0.6 is 23.1 Å². The molecule has 1 amide bonds. The van der Waals surface area contributed by atoms with Crippen LogP contribution in [0.15, 0.2) is 34.0 Å². The van der Waals surface area contributed by atoms with E-state index in [0.29, 0.717) is 5.75 Å². The molecule has 0 spiro atoms. The zero-order valence-corrected chi connectivity index (χ0v) is 14.6. The second-order valence-corrected chi connectivity index (χ2v) is 7.32. The first kappa shape index (κ1) is 16.3. The van der Waals surface area contributed by atoms with Gasteiger partial charge in [0.25, 0.3) is 0 Å². The number of thioether (sulfide) groups is 1. The van der Waals surface area contributed by atoms with E-state index in [4.69, 9.17) is 4.74 Å². The molecular weight excluding hydrogens is 330 g/mol. The molecule has 1 aromatic heterocycles. The second-order valence-electron chi connectivity index (χ2n) is 5.24. The van der Waals surface area contributed by atoms with E-state index >= 15 is 0 Å². The number of hydrogen-bond donors (Lipinski definition) is 1. The predicted octanol–water partition coefficient (Wildman–Crippen LogP) is 3.02.